The van der Waals surface area contributed by atoms with E-state index in [1.807, 2.05) is 31.2 Å². The maximum Gasteiger partial charge on any atom is 0.271 e. The molecule has 1 N–H and O–H groups in total. The molecule has 2 aromatic carbocycles. The Balaban J connectivity index is 2.38. The zero-order chi connectivity index (χ0) is 21.8. The molecule has 0 fully saturated rings. The normalized spacial score (nSPS) is 12.3. The zero-order valence-corrected chi connectivity index (χ0v) is 17.7. The Morgan fingerprint density at radius 2 is 1.90 bits per heavy atom. The van der Waals surface area contributed by atoms with Crippen LogP contribution in [0.2, 0.25) is 0 Å². The summed E-state index contributed by atoms with van der Waals surface area (Å²) in [5.41, 5.74) is 2.35. The molecule has 0 aliphatic rings. The highest BCUT2D eigenvalue weighted by atomic mass is 32.2. The van der Waals surface area contributed by atoms with Crippen molar-refractivity contribution in [3.05, 3.63) is 69.3 Å². The molecule has 0 unspecified atom stereocenters. The third kappa shape index (κ3) is 5.54. The van der Waals surface area contributed by atoms with Crippen LogP contribution in [0.15, 0.2) is 42.5 Å². The minimum atomic E-state index is -3.88. The molecule has 29 heavy (non-hydrogen) atoms. The van der Waals surface area contributed by atoms with Gasteiger partial charge < -0.3 is 5.32 Å². The minimum absolute atomic E-state index is 0.124. The molecule has 0 radical (unpaired) electrons. The lowest BCUT2D eigenvalue weighted by Crippen LogP contribution is -2.49. The number of aryl methyl sites for hydroxylation is 2. The number of nitrogens with one attached hydrogen (secondary N) is 1. The summed E-state index contributed by atoms with van der Waals surface area (Å²) < 4.78 is 26.1. The molecule has 8 nitrogen and oxygen atoms in total. The van der Waals surface area contributed by atoms with Gasteiger partial charge in [-0.05, 0) is 31.4 Å². The van der Waals surface area contributed by atoms with Gasteiger partial charge in [0.2, 0.25) is 15.9 Å². The van der Waals surface area contributed by atoms with Crippen LogP contribution in [0.25, 0.3) is 0 Å². The molecular formula is C20H25N3O5S. The average Bonchev–Trinajstić information content (AvgIpc) is 2.64. The molecule has 0 aromatic heterocycles. The molecule has 0 saturated heterocycles. The number of non-ortho nitro benzene ring substituents is 1. The smallest absolute Gasteiger partial charge is 0.271 e. The summed E-state index contributed by atoms with van der Waals surface area (Å²) in [7, 11) is -3.88. The molecule has 156 valence electrons. The fourth-order valence-electron chi connectivity index (χ4n) is 3.11. The van der Waals surface area contributed by atoms with Crippen molar-refractivity contribution in [1.82, 2.24) is 5.32 Å². The van der Waals surface area contributed by atoms with Crippen molar-refractivity contribution in [2.75, 3.05) is 10.6 Å². The van der Waals surface area contributed by atoms with Crippen molar-refractivity contribution < 1.29 is 18.1 Å². The fraction of sp³-hybridized carbons (Fsp3) is 0.350. The lowest BCUT2D eigenvalue weighted by molar-refractivity contribution is -0.384. The molecule has 1 atom stereocenters. The van der Waals surface area contributed by atoms with Gasteiger partial charge in [-0.2, -0.15) is 0 Å². The van der Waals surface area contributed by atoms with Crippen LogP contribution in [0.1, 0.15) is 30.0 Å². The number of sulfonamides is 1. The molecule has 0 saturated carbocycles. The van der Waals surface area contributed by atoms with E-state index in [1.165, 1.54) is 18.2 Å². The Kier molecular flexibility index (Phi) is 6.97. The van der Waals surface area contributed by atoms with Gasteiger partial charge >= 0.3 is 0 Å². The van der Waals surface area contributed by atoms with Gasteiger partial charge in [0, 0.05) is 18.7 Å². The summed E-state index contributed by atoms with van der Waals surface area (Å²) in [4.78, 5) is 23.4. The van der Waals surface area contributed by atoms with Crippen molar-refractivity contribution >= 4 is 27.3 Å². The van der Waals surface area contributed by atoms with Crippen molar-refractivity contribution in [3.8, 4) is 0 Å². The minimum Gasteiger partial charge on any atom is -0.350 e. The van der Waals surface area contributed by atoms with Crippen LogP contribution < -0.4 is 9.62 Å². The number of carbonyl (C=O) groups excluding carboxylic acids is 1. The first-order valence-corrected chi connectivity index (χ1v) is 11.0. The molecule has 2 aromatic rings. The summed E-state index contributed by atoms with van der Waals surface area (Å²) in [5.74, 6) is -0.467. The fourth-order valence-corrected chi connectivity index (χ4v) is 4.37. The van der Waals surface area contributed by atoms with Crippen LogP contribution >= 0.6 is 0 Å². The maximum atomic E-state index is 12.9. The number of nitro groups is 1. The standard InChI is InChI=1S/C20H25N3O5S/c1-5-18(20(24)21-13-16-8-6-7-14(2)11-16)22(29(4,27)28)19-12-17(23(25)26)10-9-15(19)3/h6-12,18H,5,13H2,1-4H3,(H,21,24)/t18-/m0/s1. The van der Waals surface area contributed by atoms with E-state index in [-0.39, 0.29) is 24.3 Å². The van der Waals surface area contributed by atoms with Gasteiger partial charge in [0.05, 0.1) is 16.9 Å². The second-order valence-electron chi connectivity index (χ2n) is 6.92. The first-order valence-electron chi connectivity index (χ1n) is 9.12. The number of carbonyl (C=O) groups is 1. The lowest BCUT2D eigenvalue weighted by Gasteiger charge is -2.31. The first-order chi connectivity index (χ1) is 13.5. The Bertz CT molecular complexity index is 1020. The Hall–Kier alpha value is -2.94. The number of nitro benzene ring substituents is 1. The summed E-state index contributed by atoms with van der Waals surface area (Å²) in [6, 6.07) is 10.6. The van der Waals surface area contributed by atoms with Gasteiger partial charge in [-0.25, -0.2) is 8.42 Å². The molecule has 0 spiro atoms. The number of anilines is 1. The van der Waals surface area contributed by atoms with Crippen LogP contribution in [-0.4, -0.2) is 31.5 Å². The SMILES string of the molecule is CC[C@@H](C(=O)NCc1cccc(C)c1)N(c1cc([N+](=O)[O-])ccc1C)S(C)(=O)=O. The highest BCUT2D eigenvalue weighted by molar-refractivity contribution is 7.92. The monoisotopic (exact) mass is 419 g/mol. The highest BCUT2D eigenvalue weighted by Crippen LogP contribution is 2.30. The second-order valence-corrected chi connectivity index (χ2v) is 8.78. The molecule has 9 heteroatoms. The Morgan fingerprint density at radius 1 is 1.21 bits per heavy atom. The largest absolute Gasteiger partial charge is 0.350 e. The summed E-state index contributed by atoms with van der Waals surface area (Å²) in [6.07, 6.45) is 1.19. The lowest BCUT2D eigenvalue weighted by atomic mass is 10.1. The number of nitrogens with zero attached hydrogens (tertiary/aromatic N) is 2. The molecular weight excluding hydrogens is 394 g/mol. The van der Waals surface area contributed by atoms with Gasteiger partial charge in [0.25, 0.3) is 5.69 Å². The van der Waals surface area contributed by atoms with E-state index in [1.54, 1.807) is 13.8 Å². The predicted octanol–water partition coefficient (Wildman–Crippen LogP) is 3.07. The molecule has 0 aliphatic carbocycles. The van der Waals surface area contributed by atoms with E-state index in [9.17, 15) is 23.3 Å². The highest BCUT2D eigenvalue weighted by Gasteiger charge is 2.33. The summed E-state index contributed by atoms with van der Waals surface area (Å²) in [5, 5.41) is 13.9. The quantitative estimate of drug-likeness (QED) is 0.522. The molecule has 1 amide bonds. The third-order valence-corrected chi connectivity index (χ3v) is 5.69. The van der Waals surface area contributed by atoms with Crippen LogP contribution in [0.3, 0.4) is 0 Å². The first kappa shape index (κ1) is 22.4. The van der Waals surface area contributed by atoms with E-state index in [0.717, 1.165) is 21.7 Å². The van der Waals surface area contributed by atoms with E-state index >= 15 is 0 Å². The van der Waals surface area contributed by atoms with Gasteiger partial charge in [0.1, 0.15) is 6.04 Å². The van der Waals surface area contributed by atoms with Crippen molar-refractivity contribution in [3.63, 3.8) is 0 Å². The van der Waals surface area contributed by atoms with Gasteiger partial charge in [-0.15, -0.1) is 0 Å². The van der Waals surface area contributed by atoms with Gasteiger partial charge in [-0.1, -0.05) is 42.8 Å². The predicted molar refractivity (Wildman–Crippen MR) is 112 cm³/mol. The van der Waals surface area contributed by atoms with Crippen molar-refractivity contribution in [2.45, 2.75) is 39.8 Å². The van der Waals surface area contributed by atoms with Crippen LogP contribution in [0.5, 0.6) is 0 Å². The molecule has 2 rings (SSSR count). The van der Waals surface area contributed by atoms with E-state index in [2.05, 4.69) is 5.32 Å². The number of rotatable bonds is 8. The zero-order valence-electron chi connectivity index (χ0n) is 16.9. The van der Waals surface area contributed by atoms with Crippen molar-refractivity contribution in [2.24, 2.45) is 0 Å². The number of benzene rings is 2. The molecule has 0 bridgehead atoms. The molecule has 0 aliphatic heterocycles. The number of amides is 1. The molecule has 0 heterocycles. The second kappa shape index (κ2) is 9.04. The van der Waals surface area contributed by atoms with Crippen LogP contribution in [0, 0.1) is 24.0 Å². The average molecular weight is 420 g/mol. The number of hydrogen-bond donors (Lipinski definition) is 1. The number of hydrogen-bond acceptors (Lipinski definition) is 5. The van der Waals surface area contributed by atoms with E-state index < -0.39 is 26.9 Å². The van der Waals surface area contributed by atoms with Crippen LogP contribution in [0.4, 0.5) is 11.4 Å². The summed E-state index contributed by atoms with van der Waals surface area (Å²) >= 11 is 0. The van der Waals surface area contributed by atoms with Crippen molar-refractivity contribution in [1.29, 1.82) is 0 Å². The van der Waals surface area contributed by atoms with Crippen LogP contribution in [-0.2, 0) is 21.4 Å². The topological polar surface area (TPSA) is 110 Å². The Labute approximate surface area is 170 Å². The van der Waals surface area contributed by atoms with E-state index in [0.29, 0.717) is 5.56 Å². The maximum absolute atomic E-state index is 12.9. The van der Waals surface area contributed by atoms with Gasteiger partial charge in [0.15, 0.2) is 0 Å². The van der Waals surface area contributed by atoms with E-state index in [4.69, 9.17) is 0 Å². The van der Waals surface area contributed by atoms with Gasteiger partial charge in [-0.3, -0.25) is 19.2 Å². The Morgan fingerprint density at radius 3 is 2.45 bits per heavy atom. The third-order valence-electron chi connectivity index (χ3n) is 4.52. The summed E-state index contributed by atoms with van der Waals surface area (Å²) in [6.45, 7) is 5.54.